The summed E-state index contributed by atoms with van der Waals surface area (Å²) in [5.41, 5.74) is 2.04. The van der Waals surface area contributed by atoms with Crippen molar-refractivity contribution in [3.05, 3.63) is 47.8 Å². The summed E-state index contributed by atoms with van der Waals surface area (Å²) in [6.07, 6.45) is 11.5. The number of nitrogens with zero attached hydrogens (tertiary/aromatic N) is 2. The summed E-state index contributed by atoms with van der Waals surface area (Å²) in [6.45, 7) is 0. The van der Waals surface area contributed by atoms with Gasteiger partial charge >= 0.3 is 0 Å². The zero-order valence-electron chi connectivity index (χ0n) is 15.9. The highest BCUT2D eigenvalue weighted by atomic mass is 32.2. The minimum atomic E-state index is 0.0730. The second-order valence-electron chi connectivity index (χ2n) is 8.96. The molecule has 6 rings (SSSR count). The summed E-state index contributed by atoms with van der Waals surface area (Å²) in [5, 5.41) is 4.48. The molecule has 0 atom stereocenters. The number of carbonyl (C=O) groups excluding carboxylic acids is 1. The summed E-state index contributed by atoms with van der Waals surface area (Å²) >= 11 is 1.70. The van der Waals surface area contributed by atoms with E-state index in [1.165, 1.54) is 44.1 Å². The van der Waals surface area contributed by atoms with E-state index in [1.807, 2.05) is 42.2 Å². The molecule has 1 aromatic heterocycles. The van der Waals surface area contributed by atoms with Gasteiger partial charge in [0.1, 0.15) is 0 Å². The first-order valence-corrected chi connectivity index (χ1v) is 11.1. The fraction of sp³-hybridized carbons (Fsp3) is 0.545. The average molecular weight is 382 g/mol. The lowest BCUT2D eigenvalue weighted by Gasteiger charge is -2.56. The van der Waals surface area contributed by atoms with Gasteiger partial charge in [-0.25, -0.2) is 4.98 Å². The monoisotopic (exact) mass is 381 g/mol. The van der Waals surface area contributed by atoms with Crippen LogP contribution in [0.1, 0.15) is 54.4 Å². The quantitative estimate of drug-likeness (QED) is 0.781. The van der Waals surface area contributed by atoms with E-state index in [0.29, 0.717) is 0 Å². The number of carbonyl (C=O) groups is 1. The Kier molecular flexibility index (Phi) is 4.30. The highest BCUT2D eigenvalue weighted by Gasteiger charge is 2.51. The van der Waals surface area contributed by atoms with Gasteiger partial charge in [-0.1, -0.05) is 23.9 Å². The molecule has 1 amide bonds. The SMILES string of the molecule is Cn1ccnc1SCc1cccc(C(=O)NC23CC4CC(CC(C4)C2)C3)c1. The number of nitrogens with one attached hydrogen (secondary N) is 1. The molecule has 4 nitrogen and oxygen atoms in total. The molecule has 4 saturated carbocycles. The highest BCUT2D eigenvalue weighted by Crippen LogP contribution is 2.55. The molecular formula is C22H27N3OS. The molecule has 142 valence electrons. The van der Waals surface area contributed by atoms with Crippen LogP contribution in [0.15, 0.2) is 41.8 Å². The molecule has 5 heteroatoms. The van der Waals surface area contributed by atoms with Crippen molar-refractivity contribution in [1.82, 2.24) is 14.9 Å². The molecule has 0 saturated heterocycles. The molecule has 0 spiro atoms. The molecule has 4 bridgehead atoms. The Balaban J connectivity index is 1.27. The third kappa shape index (κ3) is 3.42. The summed E-state index contributed by atoms with van der Waals surface area (Å²) in [6, 6.07) is 8.09. The van der Waals surface area contributed by atoms with Crippen molar-refractivity contribution in [2.24, 2.45) is 24.8 Å². The predicted octanol–water partition coefficient (Wildman–Crippen LogP) is 4.41. The van der Waals surface area contributed by atoms with Crippen molar-refractivity contribution in [2.75, 3.05) is 0 Å². The van der Waals surface area contributed by atoms with Crippen LogP contribution in [0.25, 0.3) is 0 Å². The number of hydrogen-bond donors (Lipinski definition) is 1. The fourth-order valence-electron chi connectivity index (χ4n) is 6.02. The topological polar surface area (TPSA) is 46.9 Å². The van der Waals surface area contributed by atoms with Crippen LogP contribution in [0, 0.1) is 17.8 Å². The Morgan fingerprint density at radius 2 is 1.93 bits per heavy atom. The number of rotatable bonds is 5. The van der Waals surface area contributed by atoms with Crippen molar-refractivity contribution in [2.45, 2.75) is 55.0 Å². The Morgan fingerprint density at radius 3 is 2.56 bits per heavy atom. The van der Waals surface area contributed by atoms with Gasteiger partial charge in [-0.15, -0.1) is 0 Å². The van der Waals surface area contributed by atoms with Crippen molar-refractivity contribution < 1.29 is 4.79 Å². The van der Waals surface area contributed by atoms with Gasteiger partial charge in [-0.3, -0.25) is 4.79 Å². The number of thioether (sulfide) groups is 1. The normalized spacial score (nSPS) is 31.2. The first kappa shape index (κ1) is 17.4. The van der Waals surface area contributed by atoms with E-state index in [2.05, 4.69) is 16.4 Å². The molecule has 1 heterocycles. The van der Waals surface area contributed by atoms with Crippen LogP contribution in [-0.2, 0) is 12.8 Å². The van der Waals surface area contributed by atoms with Gasteiger partial charge in [0, 0.05) is 36.3 Å². The lowest BCUT2D eigenvalue weighted by molar-refractivity contribution is -0.0167. The Morgan fingerprint density at radius 1 is 1.22 bits per heavy atom. The maximum atomic E-state index is 13.0. The standard InChI is InChI=1S/C22H27N3OS/c1-25-6-5-23-21(25)27-14-15-3-2-4-19(10-15)20(26)24-22-11-16-7-17(12-22)9-18(8-16)13-22/h2-6,10,16-18H,7-9,11-14H2,1H3,(H,24,26). The van der Waals surface area contributed by atoms with Gasteiger partial charge < -0.3 is 9.88 Å². The average Bonchev–Trinajstić information content (AvgIpc) is 3.03. The van der Waals surface area contributed by atoms with E-state index >= 15 is 0 Å². The van der Waals surface area contributed by atoms with E-state index < -0.39 is 0 Å². The summed E-state index contributed by atoms with van der Waals surface area (Å²) in [5.74, 6) is 3.47. The molecule has 0 unspecified atom stereocenters. The summed E-state index contributed by atoms with van der Waals surface area (Å²) in [7, 11) is 2.00. The molecule has 4 aliphatic rings. The predicted molar refractivity (Wildman–Crippen MR) is 108 cm³/mol. The second kappa shape index (κ2) is 6.69. The maximum absolute atomic E-state index is 13.0. The zero-order chi connectivity index (χ0) is 18.4. The molecule has 4 aliphatic carbocycles. The number of aryl methyl sites for hydroxylation is 1. The Hall–Kier alpha value is -1.75. The third-order valence-electron chi connectivity index (χ3n) is 6.75. The van der Waals surface area contributed by atoms with Crippen molar-refractivity contribution in [3.63, 3.8) is 0 Å². The van der Waals surface area contributed by atoms with Crippen molar-refractivity contribution >= 4 is 17.7 Å². The highest BCUT2D eigenvalue weighted by molar-refractivity contribution is 7.98. The van der Waals surface area contributed by atoms with Crippen LogP contribution in [0.4, 0.5) is 0 Å². The molecule has 27 heavy (non-hydrogen) atoms. The molecular weight excluding hydrogens is 354 g/mol. The van der Waals surface area contributed by atoms with E-state index in [9.17, 15) is 4.79 Å². The van der Waals surface area contributed by atoms with E-state index in [1.54, 1.807) is 11.8 Å². The molecule has 2 aromatic rings. The summed E-state index contributed by atoms with van der Waals surface area (Å²) in [4.78, 5) is 17.4. The van der Waals surface area contributed by atoms with Crippen LogP contribution in [0.3, 0.4) is 0 Å². The summed E-state index contributed by atoms with van der Waals surface area (Å²) < 4.78 is 2.02. The Bertz CT molecular complexity index is 823. The van der Waals surface area contributed by atoms with Gasteiger partial charge in [-0.05, 0) is 74.0 Å². The molecule has 1 aromatic carbocycles. The van der Waals surface area contributed by atoms with Crippen molar-refractivity contribution in [1.29, 1.82) is 0 Å². The minimum Gasteiger partial charge on any atom is -0.347 e. The lowest BCUT2D eigenvalue weighted by Crippen LogP contribution is -2.59. The van der Waals surface area contributed by atoms with Gasteiger partial charge in [0.2, 0.25) is 0 Å². The van der Waals surface area contributed by atoms with Gasteiger partial charge in [0.25, 0.3) is 5.91 Å². The largest absolute Gasteiger partial charge is 0.347 e. The second-order valence-corrected chi connectivity index (χ2v) is 9.90. The van der Waals surface area contributed by atoms with E-state index in [0.717, 1.165) is 34.2 Å². The van der Waals surface area contributed by atoms with Crippen molar-refractivity contribution in [3.8, 4) is 0 Å². The first-order valence-electron chi connectivity index (χ1n) is 10.1. The van der Waals surface area contributed by atoms with Gasteiger partial charge in [0.15, 0.2) is 5.16 Å². The zero-order valence-corrected chi connectivity index (χ0v) is 16.7. The Labute approximate surface area is 165 Å². The first-order chi connectivity index (χ1) is 13.1. The molecule has 4 fully saturated rings. The van der Waals surface area contributed by atoms with E-state index in [-0.39, 0.29) is 11.4 Å². The smallest absolute Gasteiger partial charge is 0.251 e. The number of benzene rings is 1. The molecule has 1 N–H and O–H groups in total. The van der Waals surface area contributed by atoms with Crippen LogP contribution in [0.2, 0.25) is 0 Å². The number of hydrogen-bond acceptors (Lipinski definition) is 3. The number of imidazole rings is 1. The fourth-order valence-corrected chi connectivity index (χ4v) is 6.89. The lowest BCUT2D eigenvalue weighted by atomic mass is 9.53. The van der Waals surface area contributed by atoms with Crippen LogP contribution in [0.5, 0.6) is 0 Å². The third-order valence-corrected chi connectivity index (χ3v) is 7.88. The van der Waals surface area contributed by atoms with Crippen LogP contribution >= 0.6 is 11.8 Å². The molecule has 0 aliphatic heterocycles. The van der Waals surface area contributed by atoms with Gasteiger partial charge in [0.05, 0.1) is 0 Å². The molecule has 0 radical (unpaired) electrons. The van der Waals surface area contributed by atoms with Crippen LogP contribution < -0.4 is 5.32 Å². The van der Waals surface area contributed by atoms with E-state index in [4.69, 9.17) is 0 Å². The maximum Gasteiger partial charge on any atom is 0.251 e. The number of aromatic nitrogens is 2. The number of amides is 1. The van der Waals surface area contributed by atoms with Crippen LogP contribution in [-0.4, -0.2) is 21.0 Å². The van der Waals surface area contributed by atoms with Gasteiger partial charge in [-0.2, -0.15) is 0 Å². The minimum absolute atomic E-state index is 0.0730.